The zero-order chi connectivity index (χ0) is 24.5. The Morgan fingerprint density at radius 2 is 1.60 bits per heavy atom. The van der Waals surface area contributed by atoms with Crippen LogP contribution in [-0.4, -0.2) is 29.2 Å². The summed E-state index contributed by atoms with van der Waals surface area (Å²) in [5.41, 5.74) is 6.36. The molecule has 2 heterocycles. The fraction of sp³-hybridized carbons (Fsp3) is 0.103. The highest BCUT2D eigenvalue weighted by atomic mass is 35.5. The van der Waals surface area contributed by atoms with Crippen LogP contribution in [-0.2, 0) is 6.61 Å². The van der Waals surface area contributed by atoms with E-state index in [4.69, 9.17) is 16.6 Å². The van der Waals surface area contributed by atoms with Gasteiger partial charge in [0.15, 0.2) is 0 Å². The number of aliphatic hydroxyl groups excluding tert-OH is 1. The number of halogens is 2. The lowest BCUT2D eigenvalue weighted by Crippen LogP contribution is -2.12. The van der Waals surface area contributed by atoms with Gasteiger partial charge in [-0.2, -0.15) is 0 Å². The molecule has 5 rings (SSSR count). The van der Waals surface area contributed by atoms with Crippen molar-refractivity contribution in [2.45, 2.75) is 6.61 Å². The molecule has 174 valence electrons. The van der Waals surface area contributed by atoms with Gasteiger partial charge in [0.1, 0.15) is 11.6 Å². The first-order chi connectivity index (χ1) is 17.0. The van der Waals surface area contributed by atoms with Gasteiger partial charge in [-0.05, 0) is 59.2 Å². The van der Waals surface area contributed by atoms with Crippen molar-refractivity contribution in [1.82, 2.24) is 9.97 Å². The van der Waals surface area contributed by atoms with Crippen molar-refractivity contribution in [2.75, 3.05) is 19.0 Å². The summed E-state index contributed by atoms with van der Waals surface area (Å²) in [4.78, 5) is 11.3. The van der Waals surface area contributed by atoms with E-state index in [9.17, 15) is 9.50 Å². The molecule has 0 aliphatic carbocycles. The Labute approximate surface area is 208 Å². The molecule has 3 aromatic carbocycles. The van der Waals surface area contributed by atoms with Gasteiger partial charge in [-0.3, -0.25) is 4.98 Å². The number of hydrogen-bond donors (Lipinski definition) is 1. The smallest absolute Gasteiger partial charge is 0.138 e. The SMILES string of the molecule is CN(C)c1nc2ccc(-c3ccnc(-c4ccc(F)cc4)c3CO)cc2c(Cl)c1-c1ccccc1. The molecule has 4 nitrogen and oxygen atoms in total. The summed E-state index contributed by atoms with van der Waals surface area (Å²) in [6.45, 7) is -0.214. The van der Waals surface area contributed by atoms with Gasteiger partial charge in [-0.1, -0.05) is 48.0 Å². The molecule has 0 bridgehead atoms. The van der Waals surface area contributed by atoms with E-state index in [1.165, 1.54) is 12.1 Å². The number of fused-ring (bicyclic) bond motifs is 1. The molecule has 0 radical (unpaired) electrons. The predicted molar refractivity (Wildman–Crippen MR) is 141 cm³/mol. The number of benzene rings is 3. The lowest BCUT2D eigenvalue weighted by atomic mass is 9.95. The van der Waals surface area contributed by atoms with E-state index in [1.807, 2.05) is 73.6 Å². The van der Waals surface area contributed by atoms with Gasteiger partial charge in [0.2, 0.25) is 0 Å². The highest BCUT2D eigenvalue weighted by Crippen LogP contribution is 2.41. The van der Waals surface area contributed by atoms with Crippen molar-refractivity contribution >= 4 is 28.3 Å². The van der Waals surface area contributed by atoms with E-state index in [-0.39, 0.29) is 12.4 Å². The Morgan fingerprint density at radius 3 is 2.29 bits per heavy atom. The van der Waals surface area contributed by atoms with Gasteiger partial charge >= 0.3 is 0 Å². The maximum atomic E-state index is 13.5. The van der Waals surface area contributed by atoms with Crippen molar-refractivity contribution < 1.29 is 9.50 Å². The zero-order valence-corrected chi connectivity index (χ0v) is 20.1. The summed E-state index contributed by atoms with van der Waals surface area (Å²) in [6.07, 6.45) is 1.70. The van der Waals surface area contributed by atoms with Crippen molar-refractivity contribution in [1.29, 1.82) is 0 Å². The molecule has 0 unspecified atom stereocenters. The molecule has 6 heteroatoms. The second kappa shape index (κ2) is 9.45. The number of anilines is 1. The van der Waals surface area contributed by atoms with Gasteiger partial charge in [-0.15, -0.1) is 0 Å². The molecule has 0 atom stereocenters. The number of hydrogen-bond acceptors (Lipinski definition) is 4. The number of pyridine rings is 2. The van der Waals surface area contributed by atoms with Crippen LogP contribution in [0.4, 0.5) is 10.2 Å². The van der Waals surface area contributed by atoms with Gasteiger partial charge < -0.3 is 10.0 Å². The quantitative estimate of drug-likeness (QED) is 0.293. The van der Waals surface area contributed by atoms with E-state index in [0.29, 0.717) is 16.3 Å². The first-order valence-corrected chi connectivity index (χ1v) is 11.6. The molecule has 0 spiro atoms. The summed E-state index contributed by atoms with van der Waals surface area (Å²) < 4.78 is 13.5. The third-order valence-corrected chi connectivity index (χ3v) is 6.42. The summed E-state index contributed by atoms with van der Waals surface area (Å²) >= 11 is 7.04. The summed E-state index contributed by atoms with van der Waals surface area (Å²) in [7, 11) is 3.90. The van der Waals surface area contributed by atoms with Crippen LogP contribution in [0.2, 0.25) is 5.02 Å². The molecule has 2 aromatic heterocycles. The van der Waals surface area contributed by atoms with Crippen LogP contribution in [0.5, 0.6) is 0 Å². The van der Waals surface area contributed by atoms with Crippen LogP contribution in [0.1, 0.15) is 5.56 Å². The highest BCUT2D eigenvalue weighted by Gasteiger charge is 2.19. The van der Waals surface area contributed by atoms with Gasteiger partial charge in [-0.25, -0.2) is 9.37 Å². The van der Waals surface area contributed by atoms with Gasteiger partial charge in [0, 0.05) is 42.4 Å². The van der Waals surface area contributed by atoms with Crippen molar-refractivity contribution in [3.05, 3.63) is 101 Å². The predicted octanol–water partition coefficient (Wildman–Crippen LogP) is 6.98. The minimum absolute atomic E-state index is 0.214. The average molecular weight is 484 g/mol. The standard InChI is InChI=1S/C29H23ClFN3O/c1-34(2)29-26(18-6-4-3-5-7-18)27(30)23-16-20(10-13-25(23)33-29)22-14-15-32-28(24(22)17-35)19-8-11-21(31)12-9-19/h3-16,35H,17H2,1-2H3. The van der Waals surface area contributed by atoms with E-state index in [1.54, 1.807) is 18.3 Å². The first kappa shape index (κ1) is 23.0. The fourth-order valence-corrected chi connectivity index (χ4v) is 4.69. The molecule has 0 aliphatic rings. The Hall–Kier alpha value is -3.80. The van der Waals surface area contributed by atoms with Crippen LogP contribution >= 0.6 is 11.6 Å². The third kappa shape index (κ3) is 4.25. The van der Waals surface area contributed by atoms with Crippen LogP contribution in [0.15, 0.2) is 85.1 Å². The van der Waals surface area contributed by atoms with Crippen molar-refractivity contribution in [3.63, 3.8) is 0 Å². The number of aromatic nitrogens is 2. The Kier molecular flexibility index (Phi) is 6.20. The highest BCUT2D eigenvalue weighted by molar-refractivity contribution is 6.39. The van der Waals surface area contributed by atoms with Gasteiger partial charge in [0.25, 0.3) is 0 Å². The molecule has 0 aliphatic heterocycles. The molecular weight excluding hydrogens is 461 g/mol. The van der Waals surface area contributed by atoms with Gasteiger partial charge in [0.05, 0.1) is 22.8 Å². The Bertz CT molecular complexity index is 1520. The van der Waals surface area contributed by atoms with E-state index in [0.717, 1.165) is 44.5 Å². The summed E-state index contributed by atoms with van der Waals surface area (Å²) in [6, 6.07) is 23.9. The number of nitrogens with zero attached hydrogens (tertiary/aromatic N) is 3. The molecule has 1 N–H and O–H groups in total. The molecule has 0 fully saturated rings. The monoisotopic (exact) mass is 483 g/mol. The van der Waals surface area contributed by atoms with Crippen LogP contribution in [0, 0.1) is 5.82 Å². The lowest BCUT2D eigenvalue weighted by molar-refractivity contribution is 0.282. The van der Waals surface area contributed by atoms with E-state index in [2.05, 4.69) is 4.98 Å². The normalized spacial score (nSPS) is 11.1. The van der Waals surface area contributed by atoms with Crippen LogP contribution in [0.25, 0.3) is 44.4 Å². The molecule has 0 saturated carbocycles. The topological polar surface area (TPSA) is 49.2 Å². The average Bonchev–Trinajstić information content (AvgIpc) is 2.89. The molecule has 0 saturated heterocycles. The molecule has 35 heavy (non-hydrogen) atoms. The molecule has 5 aromatic rings. The van der Waals surface area contributed by atoms with Crippen molar-refractivity contribution in [3.8, 4) is 33.5 Å². The maximum Gasteiger partial charge on any atom is 0.138 e. The van der Waals surface area contributed by atoms with E-state index >= 15 is 0 Å². The summed E-state index contributed by atoms with van der Waals surface area (Å²) in [5.74, 6) is 0.471. The molecule has 0 amide bonds. The second-order valence-electron chi connectivity index (χ2n) is 8.47. The zero-order valence-electron chi connectivity index (χ0n) is 19.3. The largest absolute Gasteiger partial charge is 0.392 e. The maximum absolute atomic E-state index is 13.5. The third-order valence-electron chi connectivity index (χ3n) is 6.03. The van der Waals surface area contributed by atoms with Crippen molar-refractivity contribution in [2.24, 2.45) is 0 Å². The molecular formula is C29H23ClFN3O. The Morgan fingerprint density at radius 1 is 0.886 bits per heavy atom. The fourth-order valence-electron chi connectivity index (χ4n) is 4.34. The van der Waals surface area contributed by atoms with Crippen LogP contribution < -0.4 is 4.90 Å². The minimum atomic E-state index is -0.321. The lowest BCUT2D eigenvalue weighted by Gasteiger charge is -2.20. The Balaban J connectivity index is 1.72. The second-order valence-corrected chi connectivity index (χ2v) is 8.85. The van der Waals surface area contributed by atoms with Crippen LogP contribution in [0.3, 0.4) is 0 Å². The minimum Gasteiger partial charge on any atom is -0.392 e. The first-order valence-electron chi connectivity index (χ1n) is 11.2. The summed E-state index contributed by atoms with van der Waals surface area (Å²) in [5, 5.41) is 11.7. The number of rotatable bonds is 5. The van der Waals surface area contributed by atoms with E-state index < -0.39 is 0 Å². The number of aliphatic hydroxyl groups is 1.